The summed E-state index contributed by atoms with van der Waals surface area (Å²) in [5.41, 5.74) is 3.25. The molecule has 1 aliphatic rings. The maximum atomic E-state index is 12.8. The summed E-state index contributed by atoms with van der Waals surface area (Å²) in [7, 11) is -3.53. The van der Waals surface area contributed by atoms with Gasteiger partial charge in [-0.25, -0.2) is 18.2 Å². The second-order valence-electron chi connectivity index (χ2n) is 7.33. The summed E-state index contributed by atoms with van der Waals surface area (Å²) in [4.78, 5) is 10.0. The van der Waals surface area contributed by atoms with Crippen LogP contribution in [0.1, 0.15) is 30.3 Å². The molecule has 0 amide bonds. The predicted octanol–water partition coefficient (Wildman–Crippen LogP) is 5.32. The number of fused-ring (bicyclic) bond motifs is 1. The number of sulfone groups is 1. The van der Waals surface area contributed by atoms with E-state index in [-0.39, 0.29) is 10.6 Å². The van der Waals surface area contributed by atoms with Crippen molar-refractivity contribution < 1.29 is 13.2 Å². The molecule has 6 nitrogen and oxygen atoms in total. The number of rotatable bonds is 5. The average molecular weight is 440 g/mol. The molecule has 2 aromatic carbocycles. The monoisotopic (exact) mass is 439 g/mol. The summed E-state index contributed by atoms with van der Waals surface area (Å²) in [5, 5.41) is 2.32. The Bertz CT molecular complexity index is 1210. The van der Waals surface area contributed by atoms with Gasteiger partial charge in [-0.1, -0.05) is 31.5 Å². The molecule has 0 atom stereocenters. The fourth-order valence-electron chi connectivity index (χ4n) is 3.43. The zero-order chi connectivity index (χ0) is 21.3. The molecule has 8 heteroatoms. The number of benzene rings is 2. The molecule has 0 bridgehead atoms. The molecule has 0 aliphatic carbocycles. The van der Waals surface area contributed by atoms with Crippen molar-refractivity contribution in [1.29, 1.82) is 0 Å². The van der Waals surface area contributed by atoms with E-state index in [1.165, 1.54) is 11.3 Å². The molecule has 0 radical (unpaired) electrons. The van der Waals surface area contributed by atoms with Crippen LogP contribution < -0.4 is 9.64 Å². The number of hydrogen-bond acceptors (Lipinski definition) is 6. The lowest BCUT2D eigenvalue weighted by Gasteiger charge is -2.32. The minimum Gasteiger partial charge on any atom is -0.489 e. The smallest absolute Gasteiger partial charge is 0.210 e. The zero-order valence-corrected chi connectivity index (χ0v) is 18.3. The molecule has 0 N–H and O–H groups in total. The molecule has 3 aromatic rings. The Morgan fingerprint density at radius 2 is 2.03 bits per heavy atom. The SMILES string of the molecule is [C-]#[N+]c1cc(C(C)C)ccc1N1CCOc2cc(S(=O)(=O)Cc3nccs3)ccc21. The van der Waals surface area contributed by atoms with Gasteiger partial charge in [0.15, 0.2) is 9.84 Å². The summed E-state index contributed by atoms with van der Waals surface area (Å²) in [6.07, 6.45) is 1.60. The van der Waals surface area contributed by atoms with Crippen molar-refractivity contribution in [3.8, 4) is 5.75 Å². The highest BCUT2D eigenvalue weighted by molar-refractivity contribution is 7.90. The molecule has 0 saturated heterocycles. The standard InChI is InChI=1S/C22H21N3O3S2/c1-15(2)16-4-6-19(18(12-16)23-3)25-9-10-28-21-13-17(5-7-20(21)25)30(26,27)14-22-24-8-11-29-22/h4-8,11-13,15H,9-10,14H2,1-2H3. The molecule has 30 heavy (non-hydrogen) atoms. The summed E-state index contributed by atoms with van der Waals surface area (Å²) in [6, 6.07) is 10.9. The zero-order valence-electron chi connectivity index (χ0n) is 16.7. The molecule has 2 heterocycles. The van der Waals surface area contributed by atoms with E-state index in [0.717, 1.165) is 16.9 Å². The van der Waals surface area contributed by atoms with Crippen molar-refractivity contribution >= 4 is 38.2 Å². The summed E-state index contributed by atoms with van der Waals surface area (Å²) < 4.78 is 31.4. The Labute approximate surface area is 180 Å². The second kappa shape index (κ2) is 8.09. The van der Waals surface area contributed by atoms with E-state index in [1.54, 1.807) is 29.8 Å². The van der Waals surface area contributed by atoms with Crippen molar-refractivity contribution in [1.82, 2.24) is 4.98 Å². The van der Waals surface area contributed by atoms with Crippen molar-refractivity contribution in [3.05, 3.63) is 70.0 Å². The van der Waals surface area contributed by atoms with Crippen molar-refractivity contribution in [2.24, 2.45) is 0 Å². The third kappa shape index (κ3) is 3.91. The number of ether oxygens (including phenoxy) is 1. The van der Waals surface area contributed by atoms with Gasteiger partial charge in [-0.15, -0.1) is 11.3 Å². The molecule has 1 aliphatic heterocycles. The summed E-state index contributed by atoms with van der Waals surface area (Å²) in [6.45, 7) is 12.8. The van der Waals surface area contributed by atoms with Crippen molar-refractivity contribution in [2.45, 2.75) is 30.4 Å². The lowest BCUT2D eigenvalue weighted by Crippen LogP contribution is -2.28. The van der Waals surface area contributed by atoms with Gasteiger partial charge < -0.3 is 9.64 Å². The quantitative estimate of drug-likeness (QED) is 0.503. The van der Waals surface area contributed by atoms with Gasteiger partial charge in [-0.3, -0.25) is 0 Å². The minimum absolute atomic E-state index is 0.133. The van der Waals surface area contributed by atoms with Gasteiger partial charge in [0, 0.05) is 23.3 Å². The predicted molar refractivity (Wildman–Crippen MR) is 119 cm³/mol. The maximum absolute atomic E-state index is 12.8. The highest BCUT2D eigenvalue weighted by Crippen LogP contribution is 2.42. The second-order valence-corrected chi connectivity index (χ2v) is 10.3. The third-order valence-corrected chi connectivity index (χ3v) is 7.62. The van der Waals surface area contributed by atoms with E-state index in [4.69, 9.17) is 11.3 Å². The van der Waals surface area contributed by atoms with Crippen LogP contribution in [0, 0.1) is 6.57 Å². The van der Waals surface area contributed by atoms with E-state index in [9.17, 15) is 8.42 Å². The Hall–Kier alpha value is -2.89. The highest BCUT2D eigenvalue weighted by atomic mass is 32.2. The Balaban J connectivity index is 1.70. The lowest BCUT2D eigenvalue weighted by atomic mass is 10.0. The number of thiazole rings is 1. The van der Waals surface area contributed by atoms with Gasteiger partial charge in [0.2, 0.25) is 5.69 Å². The minimum atomic E-state index is -3.53. The lowest BCUT2D eigenvalue weighted by molar-refractivity contribution is 0.313. The van der Waals surface area contributed by atoms with Crippen LogP contribution in [-0.4, -0.2) is 26.6 Å². The Morgan fingerprint density at radius 1 is 1.23 bits per heavy atom. The first kappa shape index (κ1) is 20.4. The topological polar surface area (TPSA) is 63.9 Å². The molecule has 0 saturated carbocycles. The first-order valence-electron chi connectivity index (χ1n) is 9.56. The van der Waals surface area contributed by atoms with E-state index < -0.39 is 9.84 Å². The molecule has 1 aromatic heterocycles. The van der Waals surface area contributed by atoms with E-state index in [1.807, 2.05) is 23.1 Å². The van der Waals surface area contributed by atoms with E-state index >= 15 is 0 Å². The Morgan fingerprint density at radius 3 is 2.73 bits per heavy atom. The van der Waals surface area contributed by atoms with Crippen LogP contribution in [-0.2, 0) is 15.6 Å². The molecule has 0 spiro atoms. The van der Waals surface area contributed by atoms with E-state index in [2.05, 4.69) is 23.7 Å². The van der Waals surface area contributed by atoms with Crippen LogP contribution in [0.3, 0.4) is 0 Å². The average Bonchev–Trinajstić information content (AvgIpc) is 3.24. The number of aromatic nitrogens is 1. The van der Waals surface area contributed by atoms with Crippen LogP contribution in [0.2, 0.25) is 0 Å². The fraction of sp³-hybridized carbons (Fsp3) is 0.273. The third-order valence-electron chi connectivity index (χ3n) is 5.03. The first-order valence-corrected chi connectivity index (χ1v) is 12.1. The molecule has 154 valence electrons. The summed E-state index contributed by atoms with van der Waals surface area (Å²) >= 11 is 1.32. The Kier molecular flexibility index (Phi) is 5.50. The fourth-order valence-corrected chi connectivity index (χ4v) is 5.70. The van der Waals surface area contributed by atoms with Crippen LogP contribution >= 0.6 is 11.3 Å². The van der Waals surface area contributed by atoms with Gasteiger partial charge in [0.25, 0.3) is 0 Å². The van der Waals surface area contributed by atoms with Gasteiger partial charge in [-0.2, -0.15) is 0 Å². The van der Waals surface area contributed by atoms with Gasteiger partial charge in [0.05, 0.1) is 23.7 Å². The molecule has 4 rings (SSSR count). The van der Waals surface area contributed by atoms with Gasteiger partial charge in [0.1, 0.15) is 23.1 Å². The van der Waals surface area contributed by atoms with Crippen molar-refractivity contribution in [3.63, 3.8) is 0 Å². The van der Waals surface area contributed by atoms with Crippen LogP contribution in [0.15, 0.2) is 52.9 Å². The van der Waals surface area contributed by atoms with Crippen LogP contribution in [0.25, 0.3) is 4.85 Å². The summed E-state index contributed by atoms with van der Waals surface area (Å²) in [5.74, 6) is 0.707. The largest absolute Gasteiger partial charge is 0.489 e. The van der Waals surface area contributed by atoms with Gasteiger partial charge >= 0.3 is 0 Å². The first-order chi connectivity index (χ1) is 14.4. The molecular formula is C22H21N3O3S2. The molecule has 0 unspecified atom stereocenters. The van der Waals surface area contributed by atoms with Crippen LogP contribution in [0.4, 0.5) is 17.1 Å². The van der Waals surface area contributed by atoms with Crippen LogP contribution in [0.5, 0.6) is 5.75 Å². The number of anilines is 2. The van der Waals surface area contributed by atoms with E-state index in [0.29, 0.717) is 35.5 Å². The number of hydrogen-bond donors (Lipinski definition) is 0. The molecular weight excluding hydrogens is 418 g/mol. The molecule has 0 fully saturated rings. The van der Waals surface area contributed by atoms with Gasteiger partial charge in [-0.05, 0) is 24.1 Å². The highest BCUT2D eigenvalue weighted by Gasteiger charge is 2.25. The maximum Gasteiger partial charge on any atom is 0.210 e. The van der Waals surface area contributed by atoms with Crippen molar-refractivity contribution in [2.75, 3.05) is 18.1 Å². The number of nitrogens with zero attached hydrogens (tertiary/aromatic N) is 3. The normalized spacial score (nSPS) is 13.6.